The summed E-state index contributed by atoms with van der Waals surface area (Å²) in [6, 6.07) is 7.35. The standard InChI is InChI=1S/C19H18N2O2S2/c1-23-15-8-4-2-6-12(15)14(22)10-24-18-17-13-7-3-5-9-16(13)25-19(17)21-11-20-18/h2,4,6,8,11H,3,5,7,9-10H2,1H3. The van der Waals surface area contributed by atoms with Crippen LogP contribution in [0.4, 0.5) is 0 Å². The second-order valence-corrected chi connectivity index (χ2v) is 8.03. The third kappa shape index (κ3) is 3.16. The van der Waals surface area contributed by atoms with Gasteiger partial charge in [-0.25, -0.2) is 9.97 Å². The monoisotopic (exact) mass is 370 g/mol. The van der Waals surface area contributed by atoms with Crippen molar-refractivity contribution in [1.29, 1.82) is 0 Å². The Morgan fingerprint density at radius 2 is 2.08 bits per heavy atom. The van der Waals surface area contributed by atoms with Crippen molar-refractivity contribution < 1.29 is 9.53 Å². The number of hydrogen-bond acceptors (Lipinski definition) is 6. The van der Waals surface area contributed by atoms with E-state index in [-0.39, 0.29) is 5.78 Å². The average molecular weight is 370 g/mol. The lowest BCUT2D eigenvalue weighted by Gasteiger charge is -2.11. The molecule has 0 amide bonds. The number of methoxy groups -OCH3 is 1. The molecule has 6 heteroatoms. The van der Waals surface area contributed by atoms with Gasteiger partial charge >= 0.3 is 0 Å². The Balaban J connectivity index is 1.61. The van der Waals surface area contributed by atoms with E-state index in [9.17, 15) is 4.79 Å². The fourth-order valence-electron chi connectivity index (χ4n) is 3.26. The summed E-state index contributed by atoms with van der Waals surface area (Å²) in [5.41, 5.74) is 2.02. The molecule has 0 N–H and O–H groups in total. The van der Waals surface area contributed by atoms with E-state index in [1.807, 2.05) is 24.3 Å². The van der Waals surface area contributed by atoms with Crippen LogP contribution in [0.5, 0.6) is 5.75 Å². The number of thioether (sulfide) groups is 1. The molecule has 0 radical (unpaired) electrons. The van der Waals surface area contributed by atoms with E-state index >= 15 is 0 Å². The number of carbonyl (C=O) groups is 1. The molecule has 3 aromatic rings. The van der Waals surface area contributed by atoms with Gasteiger partial charge < -0.3 is 4.74 Å². The summed E-state index contributed by atoms with van der Waals surface area (Å²) in [5, 5.41) is 2.09. The fourth-order valence-corrected chi connectivity index (χ4v) is 5.46. The summed E-state index contributed by atoms with van der Waals surface area (Å²) in [6.07, 6.45) is 6.32. The third-order valence-corrected chi connectivity index (χ3v) is 6.65. The van der Waals surface area contributed by atoms with Gasteiger partial charge in [0, 0.05) is 10.3 Å². The van der Waals surface area contributed by atoms with Gasteiger partial charge in [0.1, 0.15) is 21.9 Å². The molecular weight excluding hydrogens is 352 g/mol. The Morgan fingerprint density at radius 1 is 1.24 bits per heavy atom. The van der Waals surface area contributed by atoms with Crippen LogP contribution in [0.25, 0.3) is 10.2 Å². The van der Waals surface area contributed by atoms with E-state index < -0.39 is 0 Å². The molecule has 128 valence electrons. The second kappa shape index (κ2) is 7.14. The van der Waals surface area contributed by atoms with Gasteiger partial charge in [-0.05, 0) is 43.4 Å². The van der Waals surface area contributed by atoms with Gasteiger partial charge in [0.15, 0.2) is 5.78 Å². The molecule has 0 saturated carbocycles. The highest BCUT2D eigenvalue weighted by Gasteiger charge is 2.21. The number of hydrogen-bond donors (Lipinski definition) is 0. The van der Waals surface area contributed by atoms with E-state index in [1.54, 1.807) is 24.8 Å². The maximum Gasteiger partial charge on any atom is 0.176 e. The van der Waals surface area contributed by atoms with Gasteiger partial charge in [-0.2, -0.15) is 0 Å². The number of nitrogens with zero attached hydrogens (tertiary/aromatic N) is 2. The van der Waals surface area contributed by atoms with Crippen molar-refractivity contribution in [3.8, 4) is 5.75 Å². The van der Waals surface area contributed by atoms with E-state index in [0.717, 1.165) is 22.7 Å². The van der Waals surface area contributed by atoms with Gasteiger partial charge in [-0.1, -0.05) is 23.9 Å². The smallest absolute Gasteiger partial charge is 0.176 e. The lowest BCUT2D eigenvalue weighted by molar-refractivity contribution is 0.101. The van der Waals surface area contributed by atoms with Gasteiger partial charge in [0.2, 0.25) is 0 Å². The Hall–Kier alpha value is -1.92. The Labute approximate surface area is 154 Å². The van der Waals surface area contributed by atoms with Gasteiger partial charge in [-0.15, -0.1) is 11.3 Å². The van der Waals surface area contributed by atoms with E-state index in [2.05, 4.69) is 9.97 Å². The summed E-state index contributed by atoms with van der Waals surface area (Å²) < 4.78 is 5.30. The molecule has 2 heterocycles. The van der Waals surface area contributed by atoms with Crippen molar-refractivity contribution in [2.45, 2.75) is 30.7 Å². The zero-order valence-electron chi connectivity index (χ0n) is 13.9. The van der Waals surface area contributed by atoms with Crippen LogP contribution in [0.15, 0.2) is 35.6 Å². The van der Waals surface area contributed by atoms with Gasteiger partial charge in [-0.3, -0.25) is 4.79 Å². The first-order chi connectivity index (χ1) is 12.3. The molecule has 4 rings (SSSR count). The summed E-state index contributed by atoms with van der Waals surface area (Å²) in [7, 11) is 1.59. The topological polar surface area (TPSA) is 52.1 Å². The van der Waals surface area contributed by atoms with E-state index in [4.69, 9.17) is 4.74 Å². The summed E-state index contributed by atoms with van der Waals surface area (Å²) in [6.45, 7) is 0. The van der Waals surface area contributed by atoms with Crippen LogP contribution >= 0.6 is 23.1 Å². The van der Waals surface area contributed by atoms with Crippen LogP contribution in [-0.4, -0.2) is 28.6 Å². The van der Waals surface area contributed by atoms with Crippen molar-refractivity contribution in [1.82, 2.24) is 9.97 Å². The van der Waals surface area contributed by atoms with Crippen LogP contribution in [0, 0.1) is 0 Å². The number of thiophene rings is 1. The van der Waals surface area contributed by atoms with Crippen LogP contribution < -0.4 is 4.74 Å². The van der Waals surface area contributed by atoms with E-state index in [0.29, 0.717) is 17.1 Å². The highest BCUT2D eigenvalue weighted by Crippen LogP contribution is 2.39. The van der Waals surface area contributed by atoms with Crippen molar-refractivity contribution in [3.63, 3.8) is 0 Å². The lowest BCUT2D eigenvalue weighted by atomic mass is 9.97. The molecule has 0 saturated heterocycles. The quantitative estimate of drug-likeness (QED) is 0.374. The van der Waals surface area contributed by atoms with Crippen LogP contribution in [0.3, 0.4) is 0 Å². The molecule has 1 aliphatic rings. The van der Waals surface area contributed by atoms with Crippen molar-refractivity contribution >= 4 is 39.1 Å². The maximum atomic E-state index is 12.6. The number of fused-ring (bicyclic) bond motifs is 3. The minimum Gasteiger partial charge on any atom is -0.496 e. The molecule has 0 fully saturated rings. The number of aromatic nitrogens is 2. The first-order valence-corrected chi connectivity index (χ1v) is 10.1. The highest BCUT2D eigenvalue weighted by atomic mass is 32.2. The zero-order valence-corrected chi connectivity index (χ0v) is 15.6. The molecule has 2 aromatic heterocycles. The molecule has 0 bridgehead atoms. The Morgan fingerprint density at radius 3 is 2.96 bits per heavy atom. The highest BCUT2D eigenvalue weighted by molar-refractivity contribution is 8.00. The number of ether oxygens (including phenoxy) is 1. The number of rotatable bonds is 5. The third-order valence-electron chi connectivity index (χ3n) is 4.46. The van der Waals surface area contributed by atoms with Crippen LogP contribution in [0.1, 0.15) is 33.6 Å². The molecular formula is C19H18N2O2S2. The number of benzene rings is 1. The summed E-state index contributed by atoms with van der Waals surface area (Å²) >= 11 is 3.28. The first-order valence-electron chi connectivity index (χ1n) is 8.32. The fraction of sp³-hybridized carbons (Fsp3) is 0.316. The minimum absolute atomic E-state index is 0.0540. The first kappa shape index (κ1) is 16.5. The molecule has 25 heavy (non-hydrogen) atoms. The van der Waals surface area contributed by atoms with E-state index in [1.165, 1.54) is 40.4 Å². The molecule has 4 nitrogen and oxygen atoms in total. The lowest BCUT2D eigenvalue weighted by Crippen LogP contribution is -2.05. The SMILES string of the molecule is COc1ccccc1C(=O)CSc1ncnc2sc3c(c12)CCCC3. The molecule has 0 atom stereocenters. The largest absolute Gasteiger partial charge is 0.496 e. The Bertz CT molecular complexity index is 936. The number of para-hydroxylation sites is 1. The molecule has 0 aliphatic heterocycles. The average Bonchev–Trinajstić information content (AvgIpc) is 3.05. The number of carbonyl (C=O) groups excluding carboxylic acids is 1. The number of aryl methyl sites for hydroxylation is 2. The van der Waals surface area contributed by atoms with Crippen molar-refractivity contribution in [2.24, 2.45) is 0 Å². The van der Waals surface area contributed by atoms with Crippen LogP contribution in [-0.2, 0) is 12.8 Å². The minimum atomic E-state index is 0.0540. The second-order valence-electron chi connectivity index (χ2n) is 5.98. The van der Waals surface area contributed by atoms with Gasteiger partial charge in [0.05, 0.1) is 18.4 Å². The predicted molar refractivity (Wildman–Crippen MR) is 102 cm³/mol. The van der Waals surface area contributed by atoms with Crippen molar-refractivity contribution in [3.05, 3.63) is 46.6 Å². The summed E-state index contributed by atoms with van der Waals surface area (Å²) in [4.78, 5) is 24.0. The molecule has 0 unspecified atom stereocenters. The van der Waals surface area contributed by atoms with Crippen LogP contribution in [0.2, 0.25) is 0 Å². The molecule has 1 aromatic carbocycles. The maximum absolute atomic E-state index is 12.6. The summed E-state index contributed by atoms with van der Waals surface area (Å²) in [5.74, 6) is 1.02. The number of Topliss-reactive ketones (excluding diaryl/α,β-unsaturated/α-hetero) is 1. The normalized spacial score (nSPS) is 13.6. The van der Waals surface area contributed by atoms with Crippen molar-refractivity contribution in [2.75, 3.05) is 12.9 Å². The molecule has 1 aliphatic carbocycles. The zero-order chi connectivity index (χ0) is 17.2. The Kier molecular flexibility index (Phi) is 4.72. The predicted octanol–water partition coefficient (Wildman–Crippen LogP) is 4.55. The van der Waals surface area contributed by atoms with Gasteiger partial charge in [0.25, 0.3) is 0 Å². The number of ketones is 1. The molecule has 0 spiro atoms.